The molecule has 4 heteroatoms. The zero-order valence-corrected chi connectivity index (χ0v) is 9.38. The molecule has 0 unspecified atom stereocenters. The van der Waals surface area contributed by atoms with Crippen molar-refractivity contribution < 1.29 is 4.79 Å². The van der Waals surface area contributed by atoms with Crippen LogP contribution in [0.15, 0.2) is 0 Å². The van der Waals surface area contributed by atoms with E-state index in [9.17, 15) is 4.79 Å². The molecule has 0 saturated heterocycles. The predicted molar refractivity (Wildman–Crippen MR) is 51.5 cm³/mol. The molecule has 60 valence electrons. The van der Waals surface area contributed by atoms with Crippen LogP contribution in [0.2, 0.25) is 0 Å². The summed E-state index contributed by atoms with van der Waals surface area (Å²) in [6.45, 7) is 0. The molecule has 0 aliphatic carbocycles. The molecule has 0 aliphatic heterocycles. The average Bonchev–Trinajstić information content (AvgIpc) is 1.98. The number of ketones is 1. The van der Waals surface area contributed by atoms with Crippen LogP contribution in [0, 0.1) is 0 Å². The van der Waals surface area contributed by atoms with E-state index < -0.39 is 0 Å². The molecule has 0 aromatic carbocycles. The maximum absolute atomic E-state index is 11.0. The van der Waals surface area contributed by atoms with E-state index >= 15 is 0 Å². The van der Waals surface area contributed by atoms with Gasteiger partial charge in [-0.25, -0.2) is 0 Å². The summed E-state index contributed by atoms with van der Waals surface area (Å²) >= 11 is 11.9. The summed E-state index contributed by atoms with van der Waals surface area (Å²) in [4.78, 5) is 11.0. The molecule has 0 aliphatic rings. The zero-order valence-electron chi connectivity index (χ0n) is 5.45. The first-order valence-corrected chi connectivity index (χ1v) is 5.58. The van der Waals surface area contributed by atoms with Gasteiger partial charge >= 0.3 is 0 Å². The fraction of sp³-hybridized carbons (Fsp3) is 0.833. The van der Waals surface area contributed by atoms with Crippen LogP contribution >= 0.6 is 43.5 Å². The van der Waals surface area contributed by atoms with E-state index in [0.29, 0.717) is 17.6 Å². The van der Waals surface area contributed by atoms with E-state index in [2.05, 4.69) is 31.9 Å². The summed E-state index contributed by atoms with van der Waals surface area (Å²) in [7, 11) is 0. The second-order valence-electron chi connectivity index (χ2n) is 1.88. The highest BCUT2D eigenvalue weighted by molar-refractivity contribution is 9.12. The highest BCUT2D eigenvalue weighted by Crippen LogP contribution is 2.08. The minimum atomic E-state index is -0.0456. The van der Waals surface area contributed by atoms with E-state index in [-0.39, 0.29) is 10.6 Å². The summed E-state index contributed by atoms with van der Waals surface area (Å²) in [5.74, 6) is 0.783. The van der Waals surface area contributed by atoms with Crippen LogP contribution in [0.4, 0.5) is 0 Å². The van der Waals surface area contributed by atoms with Crippen molar-refractivity contribution in [2.45, 2.75) is 17.7 Å². The molecule has 10 heavy (non-hydrogen) atoms. The topological polar surface area (TPSA) is 17.1 Å². The molecule has 0 bridgehead atoms. The smallest absolute Gasteiger partial charge is 0.147 e. The number of Topliss-reactive ketones (excluding diaryl/α,β-unsaturated/α-hetero) is 1. The van der Waals surface area contributed by atoms with E-state index in [1.54, 1.807) is 0 Å². The van der Waals surface area contributed by atoms with Crippen molar-refractivity contribution >= 4 is 49.2 Å². The normalized spacial score (nSPS) is 13.1. The fourth-order valence-electron chi connectivity index (χ4n) is 0.484. The van der Waals surface area contributed by atoms with Gasteiger partial charge in [-0.1, -0.05) is 31.9 Å². The van der Waals surface area contributed by atoms with E-state index in [1.807, 2.05) is 0 Å². The summed E-state index contributed by atoms with van der Waals surface area (Å²) in [6.07, 6.45) is 1.35. The SMILES string of the molecule is O=C(CCCCl)[C@H](Br)CBr. The molecule has 1 nitrogen and oxygen atoms in total. The minimum absolute atomic E-state index is 0.0456. The molecule has 0 aromatic rings. The quantitative estimate of drug-likeness (QED) is 0.712. The van der Waals surface area contributed by atoms with Gasteiger partial charge < -0.3 is 0 Å². The average molecular weight is 292 g/mol. The van der Waals surface area contributed by atoms with Gasteiger partial charge in [-0.2, -0.15) is 0 Å². The standard InChI is InChI=1S/C6H9Br2ClO/c7-4-5(8)6(10)2-1-3-9/h5H,1-4H2/t5-/m1/s1. The molecule has 0 rings (SSSR count). The van der Waals surface area contributed by atoms with Gasteiger partial charge in [0.25, 0.3) is 0 Å². The van der Waals surface area contributed by atoms with Crippen LogP contribution in [0.1, 0.15) is 12.8 Å². The molecule has 1 atom stereocenters. The van der Waals surface area contributed by atoms with Crippen molar-refractivity contribution in [1.82, 2.24) is 0 Å². The molecule has 0 amide bonds. The first kappa shape index (κ1) is 10.9. The first-order chi connectivity index (χ1) is 4.72. The maximum atomic E-state index is 11.0. The summed E-state index contributed by atoms with van der Waals surface area (Å²) < 4.78 is 0. The van der Waals surface area contributed by atoms with Gasteiger partial charge in [-0.3, -0.25) is 4.79 Å². The van der Waals surface area contributed by atoms with Gasteiger partial charge in [-0.05, 0) is 6.42 Å². The second-order valence-corrected chi connectivity index (χ2v) is 4.01. The van der Waals surface area contributed by atoms with Crippen molar-refractivity contribution in [1.29, 1.82) is 0 Å². The van der Waals surface area contributed by atoms with Crippen LogP contribution in [0.25, 0.3) is 0 Å². The van der Waals surface area contributed by atoms with Crippen molar-refractivity contribution in [3.05, 3.63) is 0 Å². The number of carbonyl (C=O) groups is 1. The van der Waals surface area contributed by atoms with Gasteiger partial charge in [0, 0.05) is 17.6 Å². The Labute approximate surface area is 82.8 Å². The lowest BCUT2D eigenvalue weighted by atomic mass is 10.2. The number of hydrogen-bond donors (Lipinski definition) is 0. The molecule has 0 spiro atoms. The largest absolute Gasteiger partial charge is 0.298 e. The minimum Gasteiger partial charge on any atom is -0.298 e. The van der Waals surface area contributed by atoms with Crippen molar-refractivity contribution in [3.63, 3.8) is 0 Å². The highest BCUT2D eigenvalue weighted by atomic mass is 79.9. The number of hydrogen-bond acceptors (Lipinski definition) is 1. The lowest BCUT2D eigenvalue weighted by molar-refractivity contribution is -0.118. The van der Waals surface area contributed by atoms with Crippen LogP contribution in [0.5, 0.6) is 0 Å². The van der Waals surface area contributed by atoms with Gasteiger partial charge in [0.2, 0.25) is 0 Å². The maximum Gasteiger partial charge on any atom is 0.147 e. The third-order valence-corrected chi connectivity index (χ3v) is 3.66. The third kappa shape index (κ3) is 4.69. The van der Waals surface area contributed by atoms with Gasteiger partial charge in [0.15, 0.2) is 0 Å². The third-order valence-electron chi connectivity index (χ3n) is 1.04. The van der Waals surface area contributed by atoms with Gasteiger partial charge in [0.05, 0.1) is 4.83 Å². The Bertz CT molecular complexity index is 108. The molecule has 0 radical (unpaired) electrons. The fourth-order valence-corrected chi connectivity index (χ4v) is 1.21. The summed E-state index contributed by atoms with van der Waals surface area (Å²) in [6, 6.07) is 0. The van der Waals surface area contributed by atoms with E-state index in [4.69, 9.17) is 11.6 Å². The molecule has 0 N–H and O–H groups in total. The molecular weight excluding hydrogens is 283 g/mol. The number of halogens is 3. The molecule has 0 fully saturated rings. The van der Waals surface area contributed by atoms with Crippen molar-refractivity contribution in [3.8, 4) is 0 Å². The van der Waals surface area contributed by atoms with Gasteiger partial charge in [0.1, 0.15) is 5.78 Å². The monoisotopic (exact) mass is 290 g/mol. The number of carbonyl (C=O) groups excluding carboxylic acids is 1. The van der Waals surface area contributed by atoms with Crippen LogP contribution in [-0.4, -0.2) is 21.8 Å². The zero-order chi connectivity index (χ0) is 7.98. The second kappa shape index (κ2) is 6.62. The first-order valence-electron chi connectivity index (χ1n) is 3.01. The Hall–Kier alpha value is 0.920. The highest BCUT2D eigenvalue weighted by Gasteiger charge is 2.11. The van der Waals surface area contributed by atoms with Gasteiger partial charge in [-0.15, -0.1) is 11.6 Å². The lowest BCUT2D eigenvalue weighted by Gasteiger charge is -2.01. The molecule has 0 aromatic heterocycles. The number of rotatable bonds is 5. The Balaban J connectivity index is 3.42. The Morgan fingerprint density at radius 3 is 2.60 bits per heavy atom. The molecular formula is C6H9Br2ClO. The lowest BCUT2D eigenvalue weighted by Crippen LogP contribution is -2.14. The molecule has 0 heterocycles. The van der Waals surface area contributed by atoms with Crippen LogP contribution in [-0.2, 0) is 4.79 Å². The van der Waals surface area contributed by atoms with Crippen molar-refractivity contribution in [2.75, 3.05) is 11.2 Å². The van der Waals surface area contributed by atoms with Crippen LogP contribution < -0.4 is 0 Å². The number of alkyl halides is 3. The Kier molecular flexibility index (Phi) is 7.23. The van der Waals surface area contributed by atoms with E-state index in [0.717, 1.165) is 6.42 Å². The Morgan fingerprint density at radius 1 is 1.60 bits per heavy atom. The van der Waals surface area contributed by atoms with Crippen LogP contribution in [0.3, 0.4) is 0 Å². The van der Waals surface area contributed by atoms with Crippen molar-refractivity contribution in [2.24, 2.45) is 0 Å². The summed E-state index contributed by atoms with van der Waals surface area (Å²) in [5.41, 5.74) is 0. The van der Waals surface area contributed by atoms with E-state index in [1.165, 1.54) is 0 Å². The summed E-state index contributed by atoms with van der Waals surface area (Å²) in [5, 5.41) is 0.675. The molecule has 0 saturated carbocycles. The predicted octanol–water partition coefficient (Wildman–Crippen LogP) is 2.73. The Morgan fingerprint density at radius 2 is 2.20 bits per heavy atom.